The molecule has 0 unspecified atom stereocenters. The van der Waals surface area contributed by atoms with Crippen LogP contribution in [0.5, 0.6) is 5.75 Å². The second-order valence-electron chi connectivity index (χ2n) is 4.90. The second-order valence-corrected chi connectivity index (χ2v) is 4.90. The highest BCUT2D eigenvalue weighted by Crippen LogP contribution is 2.25. The van der Waals surface area contributed by atoms with Crippen LogP contribution in [0.15, 0.2) is 29.3 Å². The zero-order valence-corrected chi connectivity index (χ0v) is 16.3. The van der Waals surface area contributed by atoms with Crippen molar-refractivity contribution in [2.75, 3.05) is 33.7 Å². The van der Waals surface area contributed by atoms with Gasteiger partial charge in [0.1, 0.15) is 5.75 Å². The molecule has 2 N–H and O–H groups in total. The number of hydrogen-bond acceptors (Lipinski definition) is 3. The van der Waals surface area contributed by atoms with Crippen LogP contribution in [0.1, 0.15) is 12.5 Å². The Kier molecular flexibility index (Phi) is 10.8. The summed E-state index contributed by atoms with van der Waals surface area (Å²) in [5, 5.41) is 6.08. The molecule has 24 heavy (non-hydrogen) atoms. The van der Waals surface area contributed by atoms with E-state index in [0.29, 0.717) is 18.1 Å². The maximum atomic E-state index is 12.4. The summed E-state index contributed by atoms with van der Waals surface area (Å²) in [6, 6.07) is 6.02. The van der Waals surface area contributed by atoms with E-state index in [9.17, 15) is 13.2 Å². The Morgan fingerprint density at radius 3 is 2.50 bits per heavy atom. The summed E-state index contributed by atoms with van der Waals surface area (Å²) in [4.78, 5) is 6.17. The summed E-state index contributed by atoms with van der Waals surface area (Å²) in [5.41, 5.74) is 0.401. The lowest BCUT2D eigenvalue weighted by Crippen LogP contribution is -2.40. The van der Waals surface area contributed by atoms with Gasteiger partial charge in [0.15, 0.2) is 5.96 Å². The van der Waals surface area contributed by atoms with E-state index in [1.54, 1.807) is 19.2 Å². The van der Waals surface area contributed by atoms with Crippen molar-refractivity contribution in [3.8, 4) is 5.75 Å². The molecule has 1 aromatic rings. The fourth-order valence-corrected chi connectivity index (χ4v) is 1.80. The number of nitrogens with zero attached hydrogens (tertiary/aromatic N) is 2. The molecule has 9 heteroatoms. The van der Waals surface area contributed by atoms with Gasteiger partial charge < -0.3 is 20.3 Å². The van der Waals surface area contributed by atoms with Crippen molar-refractivity contribution in [2.45, 2.75) is 19.8 Å². The summed E-state index contributed by atoms with van der Waals surface area (Å²) < 4.78 is 41.2. The molecular weight excluding hydrogens is 436 g/mol. The maximum absolute atomic E-state index is 12.4. The van der Waals surface area contributed by atoms with Crippen molar-refractivity contribution in [2.24, 2.45) is 4.99 Å². The third-order valence-corrected chi connectivity index (χ3v) is 3.19. The number of aliphatic imine (C=N–C) groups is 1. The van der Waals surface area contributed by atoms with Crippen molar-refractivity contribution in [1.82, 2.24) is 15.5 Å². The summed E-state index contributed by atoms with van der Waals surface area (Å²) in [6.07, 6.45) is -4.71. The Balaban J connectivity index is 0.00000529. The van der Waals surface area contributed by atoms with Gasteiger partial charge in [0.05, 0.1) is 0 Å². The number of alkyl halides is 3. The first-order chi connectivity index (χ1) is 10.9. The molecule has 0 aliphatic heterocycles. The van der Waals surface area contributed by atoms with Crippen LogP contribution in [0.3, 0.4) is 0 Å². The fraction of sp³-hybridized carbons (Fsp3) is 0.533. The van der Waals surface area contributed by atoms with Crippen LogP contribution < -0.4 is 15.4 Å². The van der Waals surface area contributed by atoms with Crippen LogP contribution in [0.25, 0.3) is 0 Å². The monoisotopic (exact) mass is 460 g/mol. The van der Waals surface area contributed by atoms with Gasteiger partial charge in [-0.25, -0.2) is 0 Å². The SMILES string of the molecule is CCN(C)CCNC(=NC)NCc1ccccc1OC(F)(F)F.I. The minimum atomic E-state index is -4.71. The van der Waals surface area contributed by atoms with Crippen molar-refractivity contribution in [1.29, 1.82) is 0 Å². The summed E-state index contributed by atoms with van der Waals surface area (Å²) >= 11 is 0. The predicted octanol–water partition coefficient (Wildman–Crippen LogP) is 2.82. The molecule has 0 aromatic heterocycles. The first-order valence-electron chi connectivity index (χ1n) is 7.32. The molecule has 0 radical (unpaired) electrons. The Morgan fingerprint density at radius 2 is 1.92 bits per heavy atom. The van der Waals surface area contributed by atoms with Crippen LogP contribution in [-0.4, -0.2) is 51.0 Å². The van der Waals surface area contributed by atoms with E-state index < -0.39 is 6.36 Å². The van der Waals surface area contributed by atoms with Crippen LogP contribution in [-0.2, 0) is 6.54 Å². The van der Waals surface area contributed by atoms with E-state index in [0.717, 1.165) is 13.1 Å². The highest BCUT2D eigenvalue weighted by Gasteiger charge is 2.31. The standard InChI is InChI=1S/C15H23F3N4O.HI/c1-4-22(3)10-9-20-14(19-2)21-11-12-7-5-6-8-13(12)23-15(16,17)18;/h5-8H,4,9-11H2,1-3H3,(H2,19,20,21);1H. The Bertz CT molecular complexity index is 512. The lowest BCUT2D eigenvalue weighted by Gasteiger charge is -2.17. The van der Waals surface area contributed by atoms with E-state index in [4.69, 9.17) is 0 Å². The van der Waals surface area contributed by atoms with Crippen molar-refractivity contribution >= 4 is 29.9 Å². The second kappa shape index (κ2) is 11.3. The zero-order chi connectivity index (χ0) is 17.3. The minimum Gasteiger partial charge on any atom is -0.405 e. The predicted molar refractivity (Wildman–Crippen MR) is 99.9 cm³/mol. The Labute approximate surface area is 157 Å². The molecule has 5 nitrogen and oxygen atoms in total. The van der Waals surface area contributed by atoms with Crippen LogP contribution in [0.4, 0.5) is 13.2 Å². The molecule has 0 spiro atoms. The van der Waals surface area contributed by atoms with Crippen molar-refractivity contribution in [3.63, 3.8) is 0 Å². The number of likely N-dealkylation sites (N-methyl/N-ethyl adjacent to an activating group) is 1. The minimum absolute atomic E-state index is 0. The molecule has 0 heterocycles. The van der Waals surface area contributed by atoms with E-state index in [-0.39, 0.29) is 36.3 Å². The molecule has 0 atom stereocenters. The average Bonchev–Trinajstić information content (AvgIpc) is 2.50. The highest BCUT2D eigenvalue weighted by atomic mass is 127. The number of rotatable bonds is 7. The molecule has 0 amide bonds. The fourth-order valence-electron chi connectivity index (χ4n) is 1.80. The normalized spacial score (nSPS) is 11.9. The highest BCUT2D eigenvalue weighted by molar-refractivity contribution is 14.0. The number of ether oxygens (including phenoxy) is 1. The molecular formula is C15H24F3IN4O. The molecule has 1 aromatic carbocycles. The van der Waals surface area contributed by atoms with Crippen molar-refractivity contribution < 1.29 is 17.9 Å². The molecule has 1 rings (SSSR count). The van der Waals surface area contributed by atoms with E-state index in [1.807, 2.05) is 7.05 Å². The third-order valence-electron chi connectivity index (χ3n) is 3.19. The van der Waals surface area contributed by atoms with E-state index >= 15 is 0 Å². The van der Waals surface area contributed by atoms with Gasteiger partial charge in [0, 0.05) is 32.2 Å². The Morgan fingerprint density at radius 1 is 1.25 bits per heavy atom. The van der Waals surface area contributed by atoms with Gasteiger partial charge >= 0.3 is 6.36 Å². The molecule has 138 valence electrons. The van der Waals surface area contributed by atoms with Crippen molar-refractivity contribution in [3.05, 3.63) is 29.8 Å². The number of hydrogen-bond donors (Lipinski definition) is 2. The van der Waals surface area contributed by atoms with Gasteiger partial charge in [-0.1, -0.05) is 25.1 Å². The summed E-state index contributed by atoms with van der Waals surface area (Å²) in [5.74, 6) is 0.310. The first kappa shape index (κ1) is 22.8. The van der Waals surface area contributed by atoms with Crippen LogP contribution >= 0.6 is 24.0 Å². The molecule has 0 bridgehead atoms. The van der Waals surface area contributed by atoms with E-state index in [2.05, 4.69) is 32.2 Å². The number of benzene rings is 1. The van der Waals surface area contributed by atoms with E-state index in [1.165, 1.54) is 12.1 Å². The number of guanidine groups is 1. The van der Waals surface area contributed by atoms with Gasteiger partial charge in [-0.15, -0.1) is 37.1 Å². The molecule has 0 saturated carbocycles. The molecule has 0 aliphatic carbocycles. The maximum Gasteiger partial charge on any atom is 0.573 e. The summed E-state index contributed by atoms with van der Waals surface area (Å²) in [6.45, 7) is 4.70. The van der Waals surface area contributed by atoms with Gasteiger partial charge in [-0.05, 0) is 19.7 Å². The van der Waals surface area contributed by atoms with Gasteiger partial charge in [0.2, 0.25) is 0 Å². The Hall–Kier alpha value is -1.23. The quantitative estimate of drug-likeness (QED) is 0.374. The lowest BCUT2D eigenvalue weighted by molar-refractivity contribution is -0.274. The number of para-hydroxylation sites is 1. The lowest BCUT2D eigenvalue weighted by atomic mass is 10.2. The smallest absolute Gasteiger partial charge is 0.405 e. The van der Waals surface area contributed by atoms with Gasteiger partial charge in [-0.2, -0.15) is 0 Å². The molecule has 0 fully saturated rings. The molecule has 0 aliphatic rings. The average molecular weight is 460 g/mol. The number of nitrogens with one attached hydrogen (secondary N) is 2. The number of halogens is 4. The largest absolute Gasteiger partial charge is 0.573 e. The van der Waals surface area contributed by atoms with Gasteiger partial charge in [-0.3, -0.25) is 4.99 Å². The molecule has 0 saturated heterocycles. The topological polar surface area (TPSA) is 48.9 Å². The first-order valence-corrected chi connectivity index (χ1v) is 7.32. The summed E-state index contributed by atoms with van der Waals surface area (Å²) in [7, 11) is 3.61. The third kappa shape index (κ3) is 9.16. The van der Waals surface area contributed by atoms with Crippen LogP contribution in [0.2, 0.25) is 0 Å². The van der Waals surface area contributed by atoms with Gasteiger partial charge in [0.25, 0.3) is 0 Å². The van der Waals surface area contributed by atoms with Crippen LogP contribution in [0, 0.1) is 0 Å². The zero-order valence-electron chi connectivity index (χ0n) is 14.0.